The van der Waals surface area contributed by atoms with Crippen LogP contribution in [0.25, 0.3) is 4.96 Å². The van der Waals surface area contributed by atoms with Crippen LogP contribution in [0, 0.1) is 0 Å². The van der Waals surface area contributed by atoms with Crippen molar-refractivity contribution in [2.24, 2.45) is 5.73 Å². The minimum atomic E-state index is -1.20. The van der Waals surface area contributed by atoms with Crippen LogP contribution in [0.3, 0.4) is 0 Å². The Labute approximate surface area is 123 Å². The summed E-state index contributed by atoms with van der Waals surface area (Å²) in [5.74, 6) is -2.27. The van der Waals surface area contributed by atoms with E-state index in [0.717, 1.165) is 4.96 Å². The number of primary amides is 1. The van der Waals surface area contributed by atoms with E-state index in [1.54, 1.807) is 10.6 Å². The number of carbonyl (C=O) groups is 3. The Morgan fingerprint density at radius 2 is 2.24 bits per heavy atom. The molecule has 0 unspecified atom stereocenters. The van der Waals surface area contributed by atoms with E-state index in [1.807, 2.05) is 11.6 Å². The number of nitrogens with one attached hydrogen (secondary N) is 1. The Bertz CT molecular complexity index is 649. The van der Waals surface area contributed by atoms with Crippen LogP contribution >= 0.6 is 11.3 Å². The van der Waals surface area contributed by atoms with Crippen LogP contribution in [0.2, 0.25) is 0 Å². The molecule has 4 N–H and O–H groups in total. The van der Waals surface area contributed by atoms with Crippen LogP contribution in [-0.4, -0.2) is 38.3 Å². The van der Waals surface area contributed by atoms with Gasteiger partial charge in [0, 0.05) is 24.2 Å². The molecule has 8 nitrogen and oxygen atoms in total. The fourth-order valence-electron chi connectivity index (χ4n) is 1.82. The molecular weight excluding hydrogens is 296 g/mol. The minimum absolute atomic E-state index is 0.0191. The number of carboxylic acids is 1. The molecule has 0 saturated carbocycles. The number of aliphatic carboxylic acids is 1. The van der Waals surface area contributed by atoms with Crippen LogP contribution in [0.4, 0.5) is 0 Å². The summed E-state index contributed by atoms with van der Waals surface area (Å²) in [4.78, 5) is 38.5. The van der Waals surface area contributed by atoms with E-state index < -0.39 is 23.8 Å². The molecule has 9 heteroatoms. The highest BCUT2D eigenvalue weighted by atomic mass is 32.1. The number of aromatic nitrogens is 2. The molecule has 0 aliphatic heterocycles. The topological polar surface area (TPSA) is 127 Å². The summed E-state index contributed by atoms with van der Waals surface area (Å²) in [6.45, 7) is 0. The maximum absolute atomic E-state index is 11.8. The van der Waals surface area contributed by atoms with E-state index in [-0.39, 0.29) is 19.3 Å². The minimum Gasteiger partial charge on any atom is -0.480 e. The molecule has 2 aromatic heterocycles. The zero-order valence-electron chi connectivity index (χ0n) is 11.0. The van der Waals surface area contributed by atoms with Crippen molar-refractivity contribution >= 4 is 34.1 Å². The number of fused-ring (bicyclic) bond motifs is 1. The Kier molecular flexibility index (Phi) is 4.53. The molecule has 0 fully saturated rings. The molecule has 112 valence electrons. The van der Waals surface area contributed by atoms with Crippen LogP contribution in [-0.2, 0) is 20.8 Å². The Balaban J connectivity index is 1.93. The number of carboxylic acid groups (broad SMARTS) is 1. The van der Waals surface area contributed by atoms with Gasteiger partial charge in [-0.05, 0) is 6.42 Å². The molecule has 0 bridgehead atoms. The largest absolute Gasteiger partial charge is 0.480 e. The number of nitrogens with two attached hydrogens (primary N) is 1. The molecule has 0 spiro atoms. The van der Waals surface area contributed by atoms with E-state index >= 15 is 0 Å². The third kappa shape index (κ3) is 4.02. The Hall–Kier alpha value is -2.42. The van der Waals surface area contributed by atoms with Crippen molar-refractivity contribution in [3.05, 3.63) is 23.5 Å². The van der Waals surface area contributed by atoms with Crippen molar-refractivity contribution in [3.63, 3.8) is 0 Å². The second kappa shape index (κ2) is 6.35. The lowest BCUT2D eigenvalue weighted by molar-refractivity contribution is -0.142. The molecule has 0 aliphatic rings. The molecule has 0 radical (unpaired) electrons. The molecule has 1 atom stereocenters. The SMILES string of the molecule is NC(=O)CC[C@H](NC(=O)Cc1cn2ccsc2n1)C(=O)O. The average molecular weight is 310 g/mol. The summed E-state index contributed by atoms with van der Waals surface area (Å²) in [5, 5.41) is 13.2. The number of thiazole rings is 1. The number of rotatable bonds is 7. The molecule has 0 saturated heterocycles. The van der Waals surface area contributed by atoms with Crippen molar-refractivity contribution < 1.29 is 19.5 Å². The van der Waals surface area contributed by atoms with Gasteiger partial charge < -0.3 is 16.2 Å². The average Bonchev–Trinajstić information content (AvgIpc) is 2.94. The van der Waals surface area contributed by atoms with Gasteiger partial charge in [-0.25, -0.2) is 9.78 Å². The number of imidazole rings is 1. The van der Waals surface area contributed by atoms with Crippen LogP contribution in [0.1, 0.15) is 18.5 Å². The molecule has 2 rings (SSSR count). The monoisotopic (exact) mass is 310 g/mol. The Morgan fingerprint density at radius 1 is 1.48 bits per heavy atom. The van der Waals surface area contributed by atoms with Gasteiger partial charge >= 0.3 is 5.97 Å². The van der Waals surface area contributed by atoms with Gasteiger partial charge in [-0.2, -0.15) is 0 Å². The Morgan fingerprint density at radius 3 is 2.86 bits per heavy atom. The smallest absolute Gasteiger partial charge is 0.326 e. The summed E-state index contributed by atoms with van der Waals surface area (Å²) >= 11 is 1.44. The highest BCUT2D eigenvalue weighted by Crippen LogP contribution is 2.11. The summed E-state index contributed by atoms with van der Waals surface area (Å²) in [6, 6.07) is -1.13. The third-order valence-corrected chi connectivity index (χ3v) is 3.57. The molecule has 0 aliphatic carbocycles. The number of hydrogen-bond donors (Lipinski definition) is 3. The maximum Gasteiger partial charge on any atom is 0.326 e. The lowest BCUT2D eigenvalue weighted by Crippen LogP contribution is -2.42. The molecular formula is C12H14N4O4S. The lowest BCUT2D eigenvalue weighted by atomic mass is 10.1. The summed E-state index contributed by atoms with van der Waals surface area (Å²) in [7, 11) is 0. The predicted molar refractivity (Wildman–Crippen MR) is 74.8 cm³/mol. The van der Waals surface area contributed by atoms with Gasteiger partial charge in [0.2, 0.25) is 11.8 Å². The summed E-state index contributed by atoms with van der Waals surface area (Å²) in [6.07, 6.45) is 3.38. The number of hydrogen-bond acceptors (Lipinski definition) is 5. The maximum atomic E-state index is 11.8. The zero-order chi connectivity index (χ0) is 15.4. The van der Waals surface area contributed by atoms with Crippen molar-refractivity contribution in [3.8, 4) is 0 Å². The first kappa shape index (κ1) is 15.0. The van der Waals surface area contributed by atoms with Crippen LogP contribution < -0.4 is 11.1 Å². The molecule has 2 amide bonds. The first-order valence-corrected chi connectivity index (χ1v) is 7.05. The fourth-order valence-corrected chi connectivity index (χ4v) is 2.53. The van der Waals surface area contributed by atoms with Crippen molar-refractivity contribution in [2.75, 3.05) is 0 Å². The van der Waals surface area contributed by atoms with Gasteiger partial charge in [-0.1, -0.05) is 0 Å². The van der Waals surface area contributed by atoms with E-state index in [9.17, 15) is 14.4 Å². The first-order chi connectivity index (χ1) is 9.95. The van der Waals surface area contributed by atoms with Crippen LogP contribution in [0.5, 0.6) is 0 Å². The molecule has 21 heavy (non-hydrogen) atoms. The highest BCUT2D eigenvalue weighted by molar-refractivity contribution is 7.15. The quantitative estimate of drug-likeness (QED) is 0.651. The zero-order valence-corrected chi connectivity index (χ0v) is 11.8. The second-order valence-corrected chi connectivity index (χ2v) is 5.34. The number of nitrogens with zero attached hydrogens (tertiary/aromatic N) is 2. The second-order valence-electron chi connectivity index (χ2n) is 4.47. The number of amides is 2. The van der Waals surface area contributed by atoms with Gasteiger partial charge in [0.05, 0.1) is 12.1 Å². The normalized spacial score (nSPS) is 12.2. The van der Waals surface area contributed by atoms with Crippen molar-refractivity contribution in [1.29, 1.82) is 0 Å². The molecule has 2 heterocycles. The summed E-state index contributed by atoms with van der Waals surface area (Å²) in [5.41, 5.74) is 5.52. The lowest BCUT2D eigenvalue weighted by Gasteiger charge is -2.13. The van der Waals surface area contributed by atoms with Crippen molar-refractivity contribution in [1.82, 2.24) is 14.7 Å². The first-order valence-electron chi connectivity index (χ1n) is 6.17. The standard InChI is InChI=1S/C12H14N4O4S/c13-9(17)2-1-8(11(19)20)15-10(18)5-7-6-16-3-4-21-12(16)14-7/h3-4,6,8H,1-2,5H2,(H2,13,17)(H,15,18)(H,19,20)/t8-/m0/s1. The highest BCUT2D eigenvalue weighted by Gasteiger charge is 2.21. The van der Waals surface area contributed by atoms with Gasteiger partial charge in [0.25, 0.3) is 0 Å². The van der Waals surface area contributed by atoms with Crippen molar-refractivity contribution in [2.45, 2.75) is 25.3 Å². The fraction of sp³-hybridized carbons (Fsp3) is 0.333. The van der Waals surface area contributed by atoms with E-state index in [4.69, 9.17) is 10.8 Å². The van der Waals surface area contributed by atoms with E-state index in [2.05, 4.69) is 10.3 Å². The van der Waals surface area contributed by atoms with E-state index in [0.29, 0.717) is 5.69 Å². The van der Waals surface area contributed by atoms with Gasteiger partial charge in [-0.15, -0.1) is 11.3 Å². The predicted octanol–water partition coefficient (Wildman–Crippen LogP) is -0.227. The van der Waals surface area contributed by atoms with Crippen LogP contribution in [0.15, 0.2) is 17.8 Å². The van der Waals surface area contributed by atoms with Gasteiger partial charge in [-0.3, -0.25) is 14.0 Å². The van der Waals surface area contributed by atoms with Gasteiger partial charge in [0.1, 0.15) is 6.04 Å². The summed E-state index contributed by atoms with van der Waals surface area (Å²) < 4.78 is 1.79. The third-order valence-electron chi connectivity index (χ3n) is 2.80. The molecule has 2 aromatic rings. The van der Waals surface area contributed by atoms with Gasteiger partial charge in [0.15, 0.2) is 4.96 Å². The molecule has 0 aromatic carbocycles. The van der Waals surface area contributed by atoms with E-state index in [1.165, 1.54) is 11.3 Å². The number of carbonyl (C=O) groups excluding carboxylic acids is 2.